The lowest BCUT2D eigenvalue weighted by atomic mass is 10.1. The molecule has 0 aromatic carbocycles. The first-order valence-corrected chi connectivity index (χ1v) is 8.73. The first-order chi connectivity index (χ1) is 11.6. The van der Waals surface area contributed by atoms with Crippen LogP contribution in [0.15, 0.2) is 18.6 Å². The number of hydrogen-bond donors (Lipinski definition) is 0. The van der Waals surface area contributed by atoms with E-state index in [0.29, 0.717) is 6.04 Å². The second-order valence-electron chi connectivity index (χ2n) is 6.79. The van der Waals surface area contributed by atoms with Crippen LogP contribution in [-0.4, -0.2) is 56.1 Å². The highest BCUT2D eigenvalue weighted by molar-refractivity contribution is 5.92. The van der Waals surface area contributed by atoms with Gasteiger partial charge in [-0.25, -0.2) is 9.97 Å². The summed E-state index contributed by atoms with van der Waals surface area (Å²) in [5.41, 5.74) is 0.752. The molecule has 2 aromatic heterocycles. The molecule has 4 heterocycles. The molecule has 0 aliphatic carbocycles. The Labute approximate surface area is 141 Å². The zero-order valence-corrected chi connectivity index (χ0v) is 14.4. The highest BCUT2D eigenvalue weighted by Crippen LogP contribution is 2.26. The van der Waals surface area contributed by atoms with Crippen molar-refractivity contribution in [2.75, 3.05) is 31.1 Å². The Morgan fingerprint density at radius 2 is 2.00 bits per heavy atom. The Morgan fingerprint density at radius 3 is 2.71 bits per heavy atom. The van der Waals surface area contributed by atoms with Gasteiger partial charge in [0.25, 0.3) is 5.91 Å². The van der Waals surface area contributed by atoms with E-state index in [9.17, 15) is 4.79 Å². The SMILES string of the molecule is CC1CCCc2ncc(C(=O)N3CCN(c4nccn4C)CC3)n21. The quantitative estimate of drug-likeness (QED) is 0.838. The van der Waals surface area contributed by atoms with E-state index in [4.69, 9.17) is 0 Å². The van der Waals surface area contributed by atoms with E-state index >= 15 is 0 Å². The third-order valence-corrected chi connectivity index (χ3v) is 5.20. The molecule has 24 heavy (non-hydrogen) atoms. The van der Waals surface area contributed by atoms with Gasteiger partial charge < -0.3 is 18.9 Å². The zero-order valence-electron chi connectivity index (χ0n) is 14.4. The number of carbonyl (C=O) groups is 1. The van der Waals surface area contributed by atoms with E-state index in [0.717, 1.165) is 62.9 Å². The molecule has 7 heteroatoms. The van der Waals surface area contributed by atoms with Crippen LogP contribution < -0.4 is 4.90 Å². The lowest BCUT2D eigenvalue weighted by molar-refractivity contribution is 0.0731. The van der Waals surface area contributed by atoms with Gasteiger partial charge in [0.15, 0.2) is 0 Å². The number of nitrogens with zero attached hydrogens (tertiary/aromatic N) is 6. The van der Waals surface area contributed by atoms with Crippen LogP contribution in [0.2, 0.25) is 0 Å². The number of fused-ring (bicyclic) bond motifs is 1. The fourth-order valence-corrected chi connectivity index (χ4v) is 3.85. The van der Waals surface area contributed by atoms with Crippen molar-refractivity contribution in [1.82, 2.24) is 24.0 Å². The molecule has 4 rings (SSSR count). The molecule has 1 amide bonds. The standard InChI is InChI=1S/C17H24N6O/c1-13-4-3-5-15-19-12-14(23(13)15)16(24)21-8-10-22(11-9-21)17-18-6-7-20(17)2/h6-7,12-13H,3-5,8-11H2,1-2H3. The zero-order chi connectivity index (χ0) is 16.7. The van der Waals surface area contributed by atoms with Gasteiger partial charge in [-0.1, -0.05) is 0 Å². The molecule has 1 fully saturated rings. The normalized spacial score (nSPS) is 21.0. The molecule has 0 radical (unpaired) electrons. The Hall–Kier alpha value is -2.31. The molecule has 0 N–H and O–H groups in total. The maximum absolute atomic E-state index is 13.0. The lowest BCUT2D eigenvalue weighted by Crippen LogP contribution is -2.49. The van der Waals surface area contributed by atoms with Crippen LogP contribution in [0.4, 0.5) is 5.95 Å². The summed E-state index contributed by atoms with van der Waals surface area (Å²) in [6.45, 7) is 5.25. The number of hydrogen-bond acceptors (Lipinski definition) is 4. The van der Waals surface area contributed by atoms with Gasteiger partial charge in [0, 0.05) is 58.1 Å². The Bertz CT molecular complexity index is 740. The van der Waals surface area contributed by atoms with Crippen LogP contribution in [0.3, 0.4) is 0 Å². The van der Waals surface area contributed by atoms with Gasteiger partial charge >= 0.3 is 0 Å². The van der Waals surface area contributed by atoms with E-state index in [1.165, 1.54) is 0 Å². The summed E-state index contributed by atoms with van der Waals surface area (Å²) in [7, 11) is 2.00. The second-order valence-corrected chi connectivity index (χ2v) is 6.79. The minimum atomic E-state index is 0.113. The molecule has 2 aliphatic heterocycles. The summed E-state index contributed by atoms with van der Waals surface area (Å²) in [5, 5.41) is 0. The van der Waals surface area contributed by atoms with Gasteiger partial charge in [0.1, 0.15) is 11.5 Å². The first-order valence-electron chi connectivity index (χ1n) is 8.73. The molecule has 128 valence electrons. The van der Waals surface area contributed by atoms with Crippen LogP contribution in [0.25, 0.3) is 0 Å². The van der Waals surface area contributed by atoms with Crippen molar-refractivity contribution in [2.24, 2.45) is 7.05 Å². The molecular formula is C17H24N6O. The van der Waals surface area contributed by atoms with Crippen molar-refractivity contribution in [3.8, 4) is 0 Å². The van der Waals surface area contributed by atoms with Gasteiger partial charge in [0.2, 0.25) is 5.95 Å². The minimum absolute atomic E-state index is 0.113. The van der Waals surface area contributed by atoms with Crippen molar-refractivity contribution < 1.29 is 4.79 Å². The maximum atomic E-state index is 13.0. The predicted octanol–water partition coefficient (Wildman–Crippen LogP) is 1.48. The Balaban J connectivity index is 1.47. The second kappa shape index (κ2) is 5.96. The lowest BCUT2D eigenvalue weighted by Gasteiger charge is -2.35. The summed E-state index contributed by atoms with van der Waals surface area (Å²) in [6.07, 6.45) is 8.79. The Morgan fingerprint density at radius 1 is 1.21 bits per heavy atom. The molecule has 2 aliphatic rings. The van der Waals surface area contributed by atoms with Gasteiger partial charge in [0.05, 0.1) is 6.20 Å². The minimum Gasteiger partial charge on any atom is -0.339 e. The number of amides is 1. The van der Waals surface area contributed by atoms with Crippen molar-refractivity contribution in [2.45, 2.75) is 32.2 Å². The largest absolute Gasteiger partial charge is 0.339 e. The summed E-state index contributed by atoms with van der Waals surface area (Å²) in [4.78, 5) is 26.0. The Kier molecular flexibility index (Phi) is 3.78. The van der Waals surface area contributed by atoms with Crippen molar-refractivity contribution in [3.05, 3.63) is 30.1 Å². The summed E-state index contributed by atoms with van der Waals surface area (Å²) in [5.74, 6) is 2.14. The third-order valence-electron chi connectivity index (χ3n) is 5.20. The maximum Gasteiger partial charge on any atom is 0.272 e. The molecule has 1 saturated heterocycles. The van der Waals surface area contributed by atoms with E-state index in [1.54, 1.807) is 6.20 Å². The number of aryl methyl sites for hydroxylation is 2. The monoisotopic (exact) mass is 328 g/mol. The molecule has 1 unspecified atom stereocenters. The van der Waals surface area contributed by atoms with Crippen molar-refractivity contribution >= 4 is 11.9 Å². The van der Waals surface area contributed by atoms with Crippen LogP contribution in [0.5, 0.6) is 0 Å². The third kappa shape index (κ3) is 2.48. The molecule has 1 atom stereocenters. The summed E-state index contributed by atoms with van der Waals surface area (Å²) >= 11 is 0. The number of carbonyl (C=O) groups excluding carboxylic acids is 1. The van der Waals surface area contributed by atoms with Crippen molar-refractivity contribution in [3.63, 3.8) is 0 Å². The topological polar surface area (TPSA) is 59.2 Å². The van der Waals surface area contributed by atoms with Crippen molar-refractivity contribution in [1.29, 1.82) is 0 Å². The first kappa shape index (κ1) is 15.2. The number of imidazole rings is 2. The van der Waals surface area contributed by atoms with Crippen LogP contribution in [0.1, 0.15) is 42.1 Å². The molecule has 7 nitrogen and oxygen atoms in total. The molecule has 2 aromatic rings. The molecular weight excluding hydrogens is 304 g/mol. The summed E-state index contributed by atoms with van der Waals surface area (Å²) < 4.78 is 4.17. The van der Waals surface area contributed by atoms with E-state index in [1.807, 2.05) is 28.9 Å². The number of rotatable bonds is 2. The molecule has 0 spiro atoms. The number of aromatic nitrogens is 4. The van der Waals surface area contributed by atoms with Gasteiger partial charge in [-0.2, -0.15) is 0 Å². The smallest absolute Gasteiger partial charge is 0.272 e. The average molecular weight is 328 g/mol. The summed E-state index contributed by atoms with van der Waals surface area (Å²) in [6, 6.07) is 0.365. The number of piperazine rings is 1. The van der Waals surface area contributed by atoms with Crippen LogP contribution >= 0.6 is 0 Å². The van der Waals surface area contributed by atoms with Gasteiger partial charge in [-0.05, 0) is 19.8 Å². The van der Waals surface area contributed by atoms with E-state index in [-0.39, 0.29) is 5.91 Å². The van der Waals surface area contributed by atoms with Gasteiger partial charge in [-0.3, -0.25) is 4.79 Å². The van der Waals surface area contributed by atoms with E-state index < -0.39 is 0 Å². The fraction of sp³-hybridized carbons (Fsp3) is 0.588. The average Bonchev–Trinajstić information content (AvgIpc) is 3.21. The number of anilines is 1. The fourth-order valence-electron chi connectivity index (χ4n) is 3.85. The highest BCUT2D eigenvalue weighted by Gasteiger charge is 2.29. The highest BCUT2D eigenvalue weighted by atomic mass is 16.2. The van der Waals surface area contributed by atoms with Crippen LogP contribution in [0, 0.1) is 0 Å². The molecule has 0 saturated carbocycles. The van der Waals surface area contributed by atoms with Gasteiger partial charge in [-0.15, -0.1) is 0 Å². The van der Waals surface area contributed by atoms with E-state index in [2.05, 4.69) is 26.4 Å². The predicted molar refractivity (Wildman–Crippen MR) is 91.2 cm³/mol. The molecule has 0 bridgehead atoms. The van der Waals surface area contributed by atoms with Crippen LogP contribution in [-0.2, 0) is 13.5 Å².